The molecule has 0 radical (unpaired) electrons. The largest absolute Gasteiger partial charge is 0.490 e. The monoisotopic (exact) mass is 545 g/mol. The van der Waals surface area contributed by atoms with Gasteiger partial charge in [-0.25, -0.2) is 4.79 Å². The molecule has 2 amide bonds. The van der Waals surface area contributed by atoms with Crippen molar-refractivity contribution in [1.82, 2.24) is 9.88 Å². The van der Waals surface area contributed by atoms with Crippen molar-refractivity contribution in [2.24, 2.45) is 5.73 Å². The van der Waals surface area contributed by atoms with Crippen LogP contribution in [0.2, 0.25) is 0 Å². The predicted molar refractivity (Wildman–Crippen MR) is 135 cm³/mol. The van der Waals surface area contributed by atoms with E-state index in [1.165, 1.54) is 6.92 Å². The van der Waals surface area contributed by atoms with Gasteiger partial charge in [0, 0.05) is 36.3 Å². The average Bonchev–Trinajstić information content (AvgIpc) is 3.51. The SMILES string of the molecule is CC(=O)Nc1ccc(Oc2ccc3[nH]cc(C[C@H](N)C(=O)N4CCC[C@H]4C#N)c3c2)cc1.O=C(O)C(F)(F)F. The van der Waals surface area contributed by atoms with Gasteiger partial charge < -0.3 is 30.8 Å². The molecule has 2 aromatic carbocycles. The Morgan fingerprint density at radius 2 is 1.87 bits per heavy atom. The summed E-state index contributed by atoms with van der Waals surface area (Å²) in [5, 5.41) is 20.0. The van der Waals surface area contributed by atoms with Gasteiger partial charge in [-0.2, -0.15) is 18.4 Å². The minimum absolute atomic E-state index is 0.131. The topological polar surface area (TPSA) is 162 Å². The normalized spacial score (nSPS) is 15.6. The summed E-state index contributed by atoms with van der Waals surface area (Å²) in [4.78, 5) is 37.6. The molecule has 10 nitrogen and oxygen atoms in total. The molecule has 0 unspecified atom stereocenters. The molecule has 1 aliphatic heterocycles. The smallest absolute Gasteiger partial charge is 0.475 e. The Labute approximate surface area is 221 Å². The zero-order valence-corrected chi connectivity index (χ0v) is 20.8. The van der Waals surface area contributed by atoms with E-state index in [4.69, 9.17) is 20.4 Å². The summed E-state index contributed by atoms with van der Waals surface area (Å²) in [6.07, 6.45) is -1.33. The van der Waals surface area contributed by atoms with Gasteiger partial charge in [0.1, 0.15) is 17.5 Å². The van der Waals surface area contributed by atoms with Crippen LogP contribution in [0.3, 0.4) is 0 Å². The van der Waals surface area contributed by atoms with E-state index in [1.54, 1.807) is 29.2 Å². The summed E-state index contributed by atoms with van der Waals surface area (Å²) in [6.45, 7) is 2.04. The summed E-state index contributed by atoms with van der Waals surface area (Å²) in [6, 6.07) is 13.9. The molecule has 39 heavy (non-hydrogen) atoms. The van der Waals surface area contributed by atoms with Crippen LogP contribution in [-0.2, 0) is 20.8 Å². The van der Waals surface area contributed by atoms with Crippen LogP contribution in [0, 0.1) is 11.3 Å². The standard InChI is InChI=1S/C24H25N5O3.C2HF3O2/c1-15(30)28-17-4-6-19(7-5-17)32-20-8-9-23-21(12-20)16(14-27-23)11-22(26)24(31)29-10-2-3-18(29)13-25;3-2(4,5)1(6)7/h4-9,12,14,18,22,27H,2-3,10-11,26H2,1H3,(H,28,30);(H,6,7)/t18-,22-;/m0./s1. The van der Waals surface area contributed by atoms with Crippen LogP contribution in [-0.4, -0.2) is 57.6 Å². The van der Waals surface area contributed by atoms with E-state index in [1.807, 2.05) is 24.4 Å². The van der Waals surface area contributed by atoms with E-state index in [9.17, 15) is 28.0 Å². The van der Waals surface area contributed by atoms with Crippen molar-refractivity contribution in [2.45, 2.75) is 44.4 Å². The number of carboxylic acids is 1. The molecular weight excluding hydrogens is 519 g/mol. The maximum atomic E-state index is 12.8. The van der Waals surface area contributed by atoms with E-state index in [0.29, 0.717) is 36.6 Å². The summed E-state index contributed by atoms with van der Waals surface area (Å²) in [7, 11) is 0. The number of carboxylic acid groups (broad SMARTS) is 1. The molecule has 3 aromatic rings. The van der Waals surface area contributed by atoms with Gasteiger partial charge in [-0.15, -0.1) is 0 Å². The highest BCUT2D eigenvalue weighted by molar-refractivity contribution is 5.89. The Balaban J connectivity index is 0.000000532. The second-order valence-electron chi connectivity index (χ2n) is 8.76. The number of nitrogens with one attached hydrogen (secondary N) is 2. The van der Waals surface area contributed by atoms with E-state index in [2.05, 4.69) is 16.4 Å². The number of likely N-dealkylation sites (tertiary alicyclic amines) is 1. The van der Waals surface area contributed by atoms with Gasteiger partial charge in [-0.1, -0.05) is 0 Å². The van der Waals surface area contributed by atoms with Crippen LogP contribution in [0.5, 0.6) is 11.5 Å². The van der Waals surface area contributed by atoms with Gasteiger partial charge in [0.15, 0.2) is 0 Å². The van der Waals surface area contributed by atoms with Gasteiger partial charge in [-0.3, -0.25) is 9.59 Å². The van der Waals surface area contributed by atoms with Crippen molar-refractivity contribution in [3.8, 4) is 17.6 Å². The lowest BCUT2D eigenvalue weighted by Crippen LogP contribution is -2.46. The summed E-state index contributed by atoms with van der Waals surface area (Å²) < 4.78 is 37.7. The van der Waals surface area contributed by atoms with Crippen LogP contribution in [0.1, 0.15) is 25.3 Å². The van der Waals surface area contributed by atoms with Gasteiger partial charge in [0.2, 0.25) is 11.8 Å². The molecule has 4 rings (SSSR count). The van der Waals surface area contributed by atoms with E-state index in [0.717, 1.165) is 22.9 Å². The number of H-pyrrole nitrogens is 1. The number of alkyl halides is 3. The molecule has 0 bridgehead atoms. The highest BCUT2D eigenvalue weighted by Gasteiger charge is 2.38. The van der Waals surface area contributed by atoms with Crippen molar-refractivity contribution in [3.05, 3.63) is 54.2 Å². The lowest BCUT2D eigenvalue weighted by atomic mass is 10.0. The van der Waals surface area contributed by atoms with E-state index in [-0.39, 0.29) is 17.9 Å². The number of anilines is 1. The number of hydrogen-bond donors (Lipinski definition) is 4. The van der Waals surface area contributed by atoms with E-state index < -0.39 is 18.2 Å². The Morgan fingerprint density at radius 1 is 1.23 bits per heavy atom. The number of halogens is 3. The zero-order valence-electron chi connectivity index (χ0n) is 20.8. The molecule has 0 aliphatic carbocycles. The Kier molecular flexibility index (Phi) is 9.16. The molecule has 2 atom stereocenters. The molecule has 2 heterocycles. The fourth-order valence-corrected chi connectivity index (χ4v) is 4.04. The second kappa shape index (κ2) is 12.3. The molecule has 13 heteroatoms. The third-order valence-electron chi connectivity index (χ3n) is 5.83. The van der Waals surface area contributed by atoms with Crippen LogP contribution in [0.15, 0.2) is 48.7 Å². The lowest BCUT2D eigenvalue weighted by Gasteiger charge is -2.23. The number of fused-ring (bicyclic) bond motifs is 1. The zero-order chi connectivity index (χ0) is 28.7. The number of amides is 2. The third-order valence-corrected chi connectivity index (χ3v) is 5.83. The number of aromatic nitrogens is 1. The third kappa shape index (κ3) is 7.71. The number of ether oxygens (including phenoxy) is 1. The fourth-order valence-electron chi connectivity index (χ4n) is 4.04. The molecular formula is C26H26F3N5O5. The highest BCUT2D eigenvalue weighted by atomic mass is 19.4. The van der Waals surface area contributed by atoms with Gasteiger partial charge in [-0.05, 0) is 67.3 Å². The van der Waals surface area contributed by atoms with Crippen molar-refractivity contribution >= 4 is 34.4 Å². The maximum absolute atomic E-state index is 12.8. The Hall–Kier alpha value is -4.57. The van der Waals surface area contributed by atoms with Crippen LogP contribution >= 0.6 is 0 Å². The number of nitriles is 1. The number of carbonyl (C=O) groups excluding carboxylic acids is 2. The number of nitrogens with two attached hydrogens (primary N) is 1. The average molecular weight is 546 g/mol. The first-order valence-corrected chi connectivity index (χ1v) is 11.8. The predicted octanol–water partition coefficient (Wildman–Crippen LogP) is 3.94. The van der Waals surface area contributed by atoms with Crippen LogP contribution in [0.25, 0.3) is 10.9 Å². The summed E-state index contributed by atoms with van der Waals surface area (Å²) in [5.41, 5.74) is 8.77. The van der Waals surface area contributed by atoms with Gasteiger partial charge in [0.05, 0.1) is 12.1 Å². The van der Waals surface area contributed by atoms with Crippen molar-refractivity contribution < 1.29 is 37.4 Å². The minimum Gasteiger partial charge on any atom is -0.475 e. The van der Waals surface area contributed by atoms with Crippen LogP contribution in [0.4, 0.5) is 18.9 Å². The first-order valence-electron chi connectivity index (χ1n) is 11.8. The number of aliphatic carboxylic acids is 1. The number of rotatable bonds is 6. The first kappa shape index (κ1) is 29.0. The van der Waals surface area contributed by atoms with E-state index >= 15 is 0 Å². The molecule has 1 fully saturated rings. The number of aromatic amines is 1. The first-order chi connectivity index (χ1) is 18.4. The molecule has 0 spiro atoms. The maximum Gasteiger partial charge on any atom is 0.490 e. The highest BCUT2D eigenvalue weighted by Crippen LogP contribution is 2.29. The number of carbonyl (C=O) groups is 3. The van der Waals surface area contributed by atoms with Crippen LogP contribution < -0.4 is 15.8 Å². The molecule has 1 aromatic heterocycles. The minimum atomic E-state index is -5.08. The lowest BCUT2D eigenvalue weighted by molar-refractivity contribution is -0.192. The Morgan fingerprint density at radius 3 is 2.46 bits per heavy atom. The number of nitrogens with zero attached hydrogens (tertiary/aromatic N) is 2. The molecule has 206 valence electrons. The summed E-state index contributed by atoms with van der Waals surface area (Å²) in [5.74, 6) is -1.79. The van der Waals surface area contributed by atoms with Crippen molar-refractivity contribution in [1.29, 1.82) is 5.26 Å². The molecule has 1 aliphatic rings. The van der Waals surface area contributed by atoms with Gasteiger partial charge >= 0.3 is 12.1 Å². The van der Waals surface area contributed by atoms with Crippen molar-refractivity contribution in [2.75, 3.05) is 11.9 Å². The molecule has 1 saturated heterocycles. The number of hydrogen-bond acceptors (Lipinski definition) is 6. The van der Waals surface area contributed by atoms with Crippen molar-refractivity contribution in [3.63, 3.8) is 0 Å². The molecule has 5 N–H and O–H groups in total. The fraction of sp³-hybridized carbons (Fsp3) is 0.308. The second-order valence-corrected chi connectivity index (χ2v) is 8.76. The van der Waals surface area contributed by atoms with Gasteiger partial charge in [0.25, 0.3) is 0 Å². The summed E-state index contributed by atoms with van der Waals surface area (Å²) >= 11 is 0. The molecule has 0 saturated carbocycles. The Bertz CT molecular complexity index is 1380. The number of benzene rings is 2. The quantitative estimate of drug-likeness (QED) is 0.365.